The number of carbonyl (C=O) groups is 2. The normalized spacial score (nSPS) is 10.5. The van der Waals surface area contributed by atoms with E-state index < -0.39 is 0 Å². The molecule has 0 aliphatic carbocycles. The van der Waals surface area contributed by atoms with Gasteiger partial charge in [0.1, 0.15) is 0 Å². The molecule has 25 heavy (non-hydrogen) atoms. The Morgan fingerprint density at radius 2 is 1.20 bits per heavy atom. The van der Waals surface area contributed by atoms with Gasteiger partial charge >= 0.3 is 0 Å². The highest BCUT2D eigenvalue weighted by molar-refractivity contribution is 6.01. The van der Waals surface area contributed by atoms with Gasteiger partial charge in [-0.05, 0) is 63.8 Å². The minimum atomic E-state index is -0.231. The van der Waals surface area contributed by atoms with Crippen molar-refractivity contribution in [2.75, 3.05) is 11.9 Å². The summed E-state index contributed by atoms with van der Waals surface area (Å²) in [6.07, 6.45) is 0. The molecule has 2 aromatic rings. The molecule has 0 saturated heterocycles. The molecule has 0 atom stereocenters. The van der Waals surface area contributed by atoms with Crippen molar-refractivity contribution in [3.8, 4) is 0 Å². The van der Waals surface area contributed by atoms with Crippen LogP contribution in [-0.2, 0) is 4.79 Å². The molecule has 0 bridgehead atoms. The Balaban J connectivity index is 2.05. The lowest BCUT2D eigenvalue weighted by Gasteiger charge is -2.14. The van der Waals surface area contributed by atoms with Crippen molar-refractivity contribution in [2.24, 2.45) is 0 Å². The van der Waals surface area contributed by atoms with Crippen LogP contribution >= 0.6 is 0 Å². The highest BCUT2D eigenvalue weighted by Gasteiger charge is 2.14. The fourth-order valence-corrected chi connectivity index (χ4v) is 3.35. The van der Waals surface area contributed by atoms with Gasteiger partial charge in [0, 0.05) is 11.3 Å². The summed E-state index contributed by atoms with van der Waals surface area (Å²) in [6, 6.07) is 8.00. The van der Waals surface area contributed by atoms with Gasteiger partial charge in [0.25, 0.3) is 5.91 Å². The van der Waals surface area contributed by atoms with Crippen molar-refractivity contribution in [1.29, 1.82) is 0 Å². The Bertz CT molecular complexity index is 792. The lowest BCUT2D eigenvalue weighted by atomic mass is 9.99. The largest absolute Gasteiger partial charge is 0.343 e. The standard InChI is InChI=1S/C21H26N2O2/c1-12-7-14(3)19(15(4)8-12)21(25)22-11-18(24)23-20-16(5)9-13(2)10-17(20)6/h7-10H,11H2,1-6H3,(H,22,25)(H,23,24). The second-order valence-corrected chi connectivity index (χ2v) is 6.78. The quantitative estimate of drug-likeness (QED) is 0.888. The molecule has 4 heteroatoms. The van der Waals surface area contributed by atoms with E-state index in [-0.39, 0.29) is 18.4 Å². The fourth-order valence-electron chi connectivity index (χ4n) is 3.35. The molecule has 0 fully saturated rings. The predicted octanol–water partition coefficient (Wildman–Crippen LogP) is 3.91. The summed E-state index contributed by atoms with van der Waals surface area (Å²) in [5.41, 5.74) is 7.60. The Kier molecular flexibility index (Phi) is 5.62. The Morgan fingerprint density at radius 3 is 1.68 bits per heavy atom. The van der Waals surface area contributed by atoms with Gasteiger partial charge in [-0.2, -0.15) is 0 Å². The van der Waals surface area contributed by atoms with Crippen LogP contribution in [-0.4, -0.2) is 18.4 Å². The average molecular weight is 338 g/mol. The molecule has 0 heterocycles. The molecule has 0 saturated carbocycles. The zero-order chi connectivity index (χ0) is 18.7. The van der Waals surface area contributed by atoms with E-state index in [1.54, 1.807) is 0 Å². The zero-order valence-electron chi connectivity index (χ0n) is 15.8. The summed E-state index contributed by atoms with van der Waals surface area (Å²) in [5.74, 6) is -0.451. The molecule has 2 amide bonds. The smallest absolute Gasteiger partial charge is 0.252 e. The number of aryl methyl sites for hydroxylation is 6. The van der Waals surface area contributed by atoms with Gasteiger partial charge in [-0.3, -0.25) is 9.59 Å². The van der Waals surface area contributed by atoms with Crippen LogP contribution in [0.3, 0.4) is 0 Å². The van der Waals surface area contributed by atoms with Crippen molar-refractivity contribution >= 4 is 17.5 Å². The summed E-state index contributed by atoms with van der Waals surface area (Å²) in [4.78, 5) is 24.7. The van der Waals surface area contributed by atoms with Gasteiger partial charge in [-0.25, -0.2) is 0 Å². The van der Waals surface area contributed by atoms with Crippen molar-refractivity contribution in [3.05, 3.63) is 63.2 Å². The number of nitrogens with one attached hydrogen (secondary N) is 2. The van der Waals surface area contributed by atoms with Crippen LogP contribution in [0.25, 0.3) is 0 Å². The summed E-state index contributed by atoms with van der Waals surface area (Å²) in [7, 11) is 0. The van der Waals surface area contributed by atoms with E-state index in [2.05, 4.69) is 10.6 Å². The number of hydrogen-bond donors (Lipinski definition) is 2. The van der Waals surface area contributed by atoms with Crippen molar-refractivity contribution < 1.29 is 9.59 Å². The van der Waals surface area contributed by atoms with Crippen molar-refractivity contribution in [1.82, 2.24) is 5.32 Å². The van der Waals surface area contributed by atoms with E-state index in [0.717, 1.165) is 39.1 Å². The monoisotopic (exact) mass is 338 g/mol. The van der Waals surface area contributed by atoms with Gasteiger partial charge < -0.3 is 10.6 Å². The molecule has 2 N–H and O–H groups in total. The maximum absolute atomic E-state index is 12.4. The molecule has 2 rings (SSSR count). The maximum Gasteiger partial charge on any atom is 0.252 e. The molecule has 0 aromatic heterocycles. The van der Waals surface area contributed by atoms with Crippen LogP contribution < -0.4 is 10.6 Å². The van der Waals surface area contributed by atoms with Crippen LogP contribution in [0.5, 0.6) is 0 Å². The SMILES string of the molecule is Cc1cc(C)c(NC(=O)CNC(=O)c2c(C)cc(C)cc2C)c(C)c1. The lowest BCUT2D eigenvalue weighted by Crippen LogP contribution is -2.34. The number of carbonyl (C=O) groups excluding carboxylic acids is 2. The van der Waals surface area contributed by atoms with Crippen molar-refractivity contribution in [2.45, 2.75) is 41.5 Å². The molecular weight excluding hydrogens is 312 g/mol. The Morgan fingerprint density at radius 1 is 0.760 bits per heavy atom. The van der Waals surface area contributed by atoms with E-state index in [1.807, 2.05) is 65.8 Å². The highest BCUT2D eigenvalue weighted by Crippen LogP contribution is 2.21. The number of rotatable bonds is 4. The Labute approximate surface area is 149 Å². The predicted molar refractivity (Wildman–Crippen MR) is 102 cm³/mol. The van der Waals surface area contributed by atoms with Gasteiger partial charge in [0.2, 0.25) is 5.91 Å². The van der Waals surface area contributed by atoms with Gasteiger partial charge in [0.15, 0.2) is 0 Å². The molecule has 2 aromatic carbocycles. The number of amides is 2. The third kappa shape index (κ3) is 4.47. The van der Waals surface area contributed by atoms with E-state index in [4.69, 9.17) is 0 Å². The Hall–Kier alpha value is -2.62. The van der Waals surface area contributed by atoms with Gasteiger partial charge in [-0.15, -0.1) is 0 Å². The molecule has 0 unspecified atom stereocenters. The first kappa shape index (κ1) is 18.7. The van der Waals surface area contributed by atoms with Gasteiger partial charge in [0.05, 0.1) is 6.54 Å². The second-order valence-electron chi connectivity index (χ2n) is 6.78. The second kappa shape index (κ2) is 7.51. The first-order valence-electron chi connectivity index (χ1n) is 8.42. The molecule has 0 radical (unpaired) electrons. The van der Waals surface area contributed by atoms with E-state index in [1.165, 1.54) is 0 Å². The molecular formula is C21H26N2O2. The van der Waals surface area contributed by atoms with Crippen LogP contribution in [0.15, 0.2) is 24.3 Å². The third-order valence-corrected chi connectivity index (χ3v) is 4.26. The average Bonchev–Trinajstić information content (AvgIpc) is 2.47. The number of benzene rings is 2. The lowest BCUT2D eigenvalue weighted by molar-refractivity contribution is -0.115. The van der Waals surface area contributed by atoms with Crippen LogP contribution in [0, 0.1) is 41.5 Å². The summed E-state index contributed by atoms with van der Waals surface area (Å²) in [5, 5.41) is 5.62. The van der Waals surface area contributed by atoms with Crippen molar-refractivity contribution in [3.63, 3.8) is 0 Å². The van der Waals surface area contributed by atoms with Gasteiger partial charge in [-0.1, -0.05) is 35.4 Å². The molecule has 0 spiro atoms. The molecule has 4 nitrogen and oxygen atoms in total. The minimum Gasteiger partial charge on any atom is -0.343 e. The fraction of sp³-hybridized carbons (Fsp3) is 0.333. The summed E-state index contributed by atoms with van der Waals surface area (Å²) < 4.78 is 0. The first-order valence-corrected chi connectivity index (χ1v) is 8.42. The molecule has 0 aliphatic heterocycles. The molecule has 132 valence electrons. The van der Waals surface area contributed by atoms with Crippen LogP contribution in [0.1, 0.15) is 43.7 Å². The van der Waals surface area contributed by atoms with Crippen LogP contribution in [0.4, 0.5) is 5.69 Å². The maximum atomic E-state index is 12.4. The highest BCUT2D eigenvalue weighted by atomic mass is 16.2. The van der Waals surface area contributed by atoms with Crippen LogP contribution in [0.2, 0.25) is 0 Å². The summed E-state index contributed by atoms with van der Waals surface area (Å²) >= 11 is 0. The minimum absolute atomic E-state index is 0.0572. The first-order chi connectivity index (χ1) is 11.7. The number of anilines is 1. The summed E-state index contributed by atoms with van der Waals surface area (Å²) in [6.45, 7) is 11.7. The van der Waals surface area contributed by atoms with E-state index >= 15 is 0 Å². The van der Waals surface area contributed by atoms with E-state index in [9.17, 15) is 9.59 Å². The van der Waals surface area contributed by atoms with E-state index in [0.29, 0.717) is 5.56 Å². The zero-order valence-corrected chi connectivity index (χ0v) is 15.8. The topological polar surface area (TPSA) is 58.2 Å². The third-order valence-electron chi connectivity index (χ3n) is 4.26. The number of hydrogen-bond acceptors (Lipinski definition) is 2. The molecule has 0 aliphatic rings.